The summed E-state index contributed by atoms with van der Waals surface area (Å²) in [6.45, 7) is 3.52. The van der Waals surface area contributed by atoms with Crippen molar-refractivity contribution in [3.63, 3.8) is 0 Å². The molecule has 2 rings (SSSR count). The van der Waals surface area contributed by atoms with Crippen LogP contribution in [0.5, 0.6) is 0 Å². The van der Waals surface area contributed by atoms with E-state index >= 15 is 0 Å². The third-order valence-electron chi connectivity index (χ3n) is 3.74. The number of thiophene rings is 1. The van der Waals surface area contributed by atoms with Gasteiger partial charge in [-0.05, 0) is 37.6 Å². The topological polar surface area (TPSA) is 66.4 Å². The van der Waals surface area contributed by atoms with Gasteiger partial charge >= 0.3 is 0 Å². The highest BCUT2D eigenvalue weighted by Gasteiger charge is 2.34. The van der Waals surface area contributed by atoms with Crippen LogP contribution in [0, 0.1) is 6.92 Å². The Morgan fingerprint density at radius 1 is 1.37 bits per heavy atom. The molecule has 0 atom stereocenters. The van der Waals surface area contributed by atoms with Gasteiger partial charge in [0, 0.05) is 5.54 Å². The van der Waals surface area contributed by atoms with Crippen molar-refractivity contribution in [1.82, 2.24) is 4.72 Å². The van der Waals surface area contributed by atoms with E-state index in [0.717, 1.165) is 25.7 Å². The Morgan fingerprint density at radius 3 is 2.58 bits per heavy atom. The summed E-state index contributed by atoms with van der Waals surface area (Å²) in [5, 5.41) is 11.1. The molecule has 0 unspecified atom stereocenters. The van der Waals surface area contributed by atoms with Gasteiger partial charge in [0.1, 0.15) is 4.90 Å². The van der Waals surface area contributed by atoms with E-state index < -0.39 is 10.0 Å². The lowest BCUT2D eigenvalue weighted by molar-refractivity contribution is 0.281. The maximum absolute atomic E-state index is 12.6. The highest BCUT2D eigenvalue weighted by atomic mass is 32.2. The van der Waals surface area contributed by atoms with Crippen LogP contribution in [-0.4, -0.2) is 19.1 Å². The number of aliphatic hydroxyl groups is 1. The predicted molar refractivity (Wildman–Crippen MR) is 76.8 cm³/mol. The summed E-state index contributed by atoms with van der Waals surface area (Å²) in [5.41, 5.74) is 0.360. The highest BCUT2D eigenvalue weighted by Crippen LogP contribution is 2.32. The first kappa shape index (κ1) is 15.0. The molecule has 4 nitrogen and oxygen atoms in total. The Bertz CT molecular complexity index is 542. The van der Waals surface area contributed by atoms with Crippen LogP contribution in [-0.2, 0) is 16.6 Å². The van der Waals surface area contributed by atoms with Gasteiger partial charge in [-0.15, -0.1) is 11.3 Å². The lowest BCUT2D eigenvalue weighted by Crippen LogP contribution is -2.47. The number of sulfonamides is 1. The molecule has 1 saturated carbocycles. The largest absolute Gasteiger partial charge is 0.391 e. The SMILES string of the molecule is Cc1csc(CO)c1S(=O)(=O)NC1(C)CCCCC1. The minimum absolute atomic E-state index is 0.231. The monoisotopic (exact) mass is 303 g/mol. The van der Waals surface area contributed by atoms with Crippen molar-refractivity contribution in [2.45, 2.75) is 63.0 Å². The van der Waals surface area contributed by atoms with Gasteiger partial charge in [0.2, 0.25) is 10.0 Å². The predicted octanol–water partition coefficient (Wildman–Crippen LogP) is 2.55. The summed E-state index contributed by atoms with van der Waals surface area (Å²) in [7, 11) is -3.55. The molecule has 1 aromatic heterocycles. The van der Waals surface area contributed by atoms with E-state index in [2.05, 4.69) is 4.72 Å². The van der Waals surface area contributed by atoms with Gasteiger partial charge < -0.3 is 5.11 Å². The highest BCUT2D eigenvalue weighted by molar-refractivity contribution is 7.89. The van der Waals surface area contributed by atoms with E-state index in [0.29, 0.717) is 10.4 Å². The van der Waals surface area contributed by atoms with Crippen molar-refractivity contribution in [3.8, 4) is 0 Å². The lowest BCUT2D eigenvalue weighted by atomic mass is 9.84. The van der Waals surface area contributed by atoms with Gasteiger partial charge in [-0.3, -0.25) is 0 Å². The van der Waals surface area contributed by atoms with Gasteiger partial charge in [0.05, 0.1) is 11.5 Å². The Labute approximate surface area is 118 Å². The van der Waals surface area contributed by atoms with Crippen LogP contribution in [0.4, 0.5) is 0 Å². The van der Waals surface area contributed by atoms with Crippen LogP contribution in [0.3, 0.4) is 0 Å². The molecule has 0 aliphatic heterocycles. The molecule has 1 aliphatic carbocycles. The Morgan fingerprint density at radius 2 is 2.00 bits per heavy atom. The first-order chi connectivity index (χ1) is 8.88. The molecule has 1 fully saturated rings. The zero-order valence-electron chi connectivity index (χ0n) is 11.4. The summed E-state index contributed by atoms with van der Waals surface area (Å²) in [6, 6.07) is 0. The van der Waals surface area contributed by atoms with E-state index in [1.54, 1.807) is 12.3 Å². The van der Waals surface area contributed by atoms with Crippen LogP contribution in [0.1, 0.15) is 49.5 Å². The summed E-state index contributed by atoms with van der Waals surface area (Å²) in [6.07, 6.45) is 5.06. The van der Waals surface area contributed by atoms with E-state index in [9.17, 15) is 13.5 Å². The first-order valence-electron chi connectivity index (χ1n) is 6.60. The van der Waals surface area contributed by atoms with E-state index in [4.69, 9.17) is 0 Å². The molecular formula is C13H21NO3S2. The molecule has 1 aromatic rings. The number of aryl methyl sites for hydroxylation is 1. The molecule has 6 heteroatoms. The summed E-state index contributed by atoms with van der Waals surface area (Å²) in [5.74, 6) is 0. The Hall–Kier alpha value is -0.430. The summed E-state index contributed by atoms with van der Waals surface area (Å²) in [4.78, 5) is 0.788. The van der Waals surface area contributed by atoms with Crippen molar-refractivity contribution in [2.75, 3.05) is 0 Å². The minimum Gasteiger partial charge on any atom is -0.391 e. The zero-order chi connectivity index (χ0) is 14.1. The molecular weight excluding hydrogens is 282 g/mol. The molecule has 108 valence electrons. The first-order valence-corrected chi connectivity index (χ1v) is 8.96. The molecule has 2 N–H and O–H groups in total. The molecule has 0 radical (unpaired) electrons. The summed E-state index contributed by atoms with van der Waals surface area (Å²) < 4.78 is 28.0. The number of hydrogen-bond donors (Lipinski definition) is 2. The van der Waals surface area contributed by atoms with Crippen LogP contribution >= 0.6 is 11.3 Å². The second-order valence-electron chi connectivity index (χ2n) is 5.56. The van der Waals surface area contributed by atoms with E-state index in [1.165, 1.54) is 17.8 Å². The van der Waals surface area contributed by atoms with Crippen LogP contribution in [0.25, 0.3) is 0 Å². The standard InChI is InChI=1S/C13H21NO3S2/c1-10-9-18-11(8-15)12(10)19(16,17)14-13(2)6-4-3-5-7-13/h9,14-15H,3-8H2,1-2H3. The third-order valence-corrected chi connectivity index (χ3v) is 6.83. The molecule has 0 spiro atoms. The van der Waals surface area contributed by atoms with Crippen LogP contribution in [0.15, 0.2) is 10.3 Å². The molecule has 19 heavy (non-hydrogen) atoms. The van der Waals surface area contributed by atoms with Crippen LogP contribution < -0.4 is 4.72 Å². The van der Waals surface area contributed by atoms with Crippen molar-refractivity contribution in [2.24, 2.45) is 0 Å². The summed E-state index contributed by atoms with van der Waals surface area (Å²) >= 11 is 1.29. The lowest BCUT2D eigenvalue weighted by Gasteiger charge is -2.34. The van der Waals surface area contributed by atoms with Gasteiger partial charge in [0.15, 0.2) is 0 Å². The molecule has 1 aliphatic rings. The smallest absolute Gasteiger partial charge is 0.242 e. The molecule has 0 amide bonds. The maximum atomic E-state index is 12.6. The fourth-order valence-electron chi connectivity index (χ4n) is 2.77. The molecule has 0 bridgehead atoms. The normalized spacial score (nSPS) is 19.5. The van der Waals surface area contributed by atoms with Gasteiger partial charge in [-0.25, -0.2) is 13.1 Å². The van der Waals surface area contributed by atoms with Gasteiger partial charge in [0.25, 0.3) is 0 Å². The second kappa shape index (κ2) is 5.52. The average Bonchev–Trinajstić information content (AvgIpc) is 2.70. The Balaban J connectivity index is 2.29. The molecule has 0 aromatic carbocycles. The third kappa shape index (κ3) is 3.18. The number of aliphatic hydroxyl groups excluding tert-OH is 1. The van der Waals surface area contributed by atoms with Crippen molar-refractivity contribution in [1.29, 1.82) is 0 Å². The zero-order valence-corrected chi connectivity index (χ0v) is 13.0. The quantitative estimate of drug-likeness (QED) is 0.898. The number of rotatable bonds is 4. The van der Waals surface area contributed by atoms with Crippen molar-refractivity contribution in [3.05, 3.63) is 15.8 Å². The van der Waals surface area contributed by atoms with Crippen molar-refractivity contribution < 1.29 is 13.5 Å². The van der Waals surface area contributed by atoms with Gasteiger partial charge in [-0.1, -0.05) is 19.3 Å². The average molecular weight is 303 g/mol. The second-order valence-corrected chi connectivity index (χ2v) is 8.14. The van der Waals surface area contributed by atoms with E-state index in [1.807, 2.05) is 6.92 Å². The molecule has 0 saturated heterocycles. The number of hydrogen-bond acceptors (Lipinski definition) is 4. The molecule has 1 heterocycles. The minimum atomic E-state index is -3.55. The van der Waals surface area contributed by atoms with Gasteiger partial charge in [-0.2, -0.15) is 0 Å². The fraction of sp³-hybridized carbons (Fsp3) is 0.692. The number of nitrogens with one attached hydrogen (secondary N) is 1. The van der Waals surface area contributed by atoms with Crippen molar-refractivity contribution >= 4 is 21.4 Å². The van der Waals surface area contributed by atoms with Crippen LogP contribution in [0.2, 0.25) is 0 Å². The Kier molecular flexibility index (Phi) is 4.35. The maximum Gasteiger partial charge on any atom is 0.242 e. The van der Waals surface area contributed by atoms with E-state index in [-0.39, 0.29) is 17.0 Å². The fourth-order valence-corrected chi connectivity index (χ4v) is 5.90.